The van der Waals surface area contributed by atoms with Crippen LogP contribution in [0.5, 0.6) is 11.6 Å². The molecule has 1 atom stereocenters. The van der Waals surface area contributed by atoms with E-state index in [9.17, 15) is 4.79 Å². The molecule has 1 unspecified atom stereocenters. The molecule has 1 amide bonds. The Morgan fingerprint density at radius 3 is 3.04 bits per heavy atom. The molecular formula is C17H20N4O2. The van der Waals surface area contributed by atoms with Crippen LogP contribution in [0.15, 0.2) is 42.7 Å². The van der Waals surface area contributed by atoms with E-state index in [-0.39, 0.29) is 5.91 Å². The number of nitrogens with two attached hydrogens (primary N) is 1. The number of hydrogen-bond acceptors (Lipinski definition) is 5. The van der Waals surface area contributed by atoms with Gasteiger partial charge in [0.05, 0.1) is 12.7 Å². The van der Waals surface area contributed by atoms with Crippen molar-refractivity contribution in [3.63, 3.8) is 0 Å². The average molecular weight is 312 g/mol. The first-order valence-electron chi connectivity index (χ1n) is 7.76. The van der Waals surface area contributed by atoms with Gasteiger partial charge in [0.1, 0.15) is 5.75 Å². The van der Waals surface area contributed by atoms with Crippen LogP contribution in [-0.2, 0) is 4.79 Å². The lowest BCUT2D eigenvalue weighted by Crippen LogP contribution is -2.40. The van der Waals surface area contributed by atoms with Gasteiger partial charge in [-0.1, -0.05) is 6.07 Å². The summed E-state index contributed by atoms with van der Waals surface area (Å²) in [6, 6.07) is 9.45. The summed E-state index contributed by atoms with van der Waals surface area (Å²) in [4.78, 5) is 21.8. The van der Waals surface area contributed by atoms with E-state index in [1.165, 1.54) is 0 Å². The third kappa shape index (κ3) is 4.26. The highest BCUT2D eigenvalue weighted by atomic mass is 16.5. The smallest absolute Gasteiger partial charge is 0.231 e. The van der Waals surface area contributed by atoms with Gasteiger partial charge < -0.3 is 10.5 Å². The number of pyridine rings is 2. The number of aromatic nitrogens is 2. The highest BCUT2D eigenvalue weighted by molar-refractivity contribution is 5.75. The number of rotatable bonds is 5. The van der Waals surface area contributed by atoms with Crippen LogP contribution in [0.3, 0.4) is 0 Å². The highest BCUT2D eigenvalue weighted by Gasteiger charge is 2.23. The van der Waals surface area contributed by atoms with Crippen molar-refractivity contribution in [1.82, 2.24) is 14.9 Å². The minimum atomic E-state index is -0.285. The molecular weight excluding hydrogens is 292 g/mol. The monoisotopic (exact) mass is 312 g/mol. The second-order valence-electron chi connectivity index (χ2n) is 5.73. The normalized spacial score (nSPS) is 18.5. The van der Waals surface area contributed by atoms with E-state index in [2.05, 4.69) is 14.9 Å². The zero-order valence-electron chi connectivity index (χ0n) is 12.9. The summed E-state index contributed by atoms with van der Waals surface area (Å²) in [5.74, 6) is 1.23. The topological polar surface area (TPSA) is 81.3 Å². The van der Waals surface area contributed by atoms with Crippen molar-refractivity contribution in [3.8, 4) is 11.6 Å². The van der Waals surface area contributed by atoms with E-state index in [0.717, 1.165) is 31.6 Å². The van der Waals surface area contributed by atoms with Gasteiger partial charge in [0.15, 0.2) is 0 Å². The lowest BCUT2D eigenvalue weighted by Gasteiger charge is -2.31. The number of likely N-dealkylation sites (tertiary alicyclic amines) is 1. The molecule has 3 rings (SSSR count). The molecule has 6 nitrogen and oxygen atoms in total. The number of ether oxygens (including phenoxy) is 1. The predicted octanol–water partition coefficient (Wildman–Crippen LogP) is 1.93. The van der Waals surface area contributed by atoms with E-state index in [4.69, 9.17) is 10.5 Å². The van der Waals surface area contributed by atoms with Crippen LogP contribution in [0.2, 0.25) is 0 Å². The Balaban J connectivity index is 1.70. The zero-order chi connectivity index (χ0) is 16.1. The maximum absolute atomic E-state index is 11.1. The fourth-order valence-corrected chi connectivity index (χ4v) is 2.90. The summed E-state index contributed by atoms with van der Waals surface area (Å²) in [6.07, 6.45) is 5.45. The Morgan fingerprint density at radius 1 is 1.35 bits per heavy atom. The van der Waals surface area contributed by atoms with E-state index in [0.29, 0.717) is 24.1 Å². The third-order valence-corrected chi connectivity index (χ3v) is 3.91. The van der Waals surface area contributed by atoms with Gasteiger partial charge in [0, 0.05) is 30.4 Å². The summed E-state index contributed by atoms with van der Waals surface area (Å²) >= 11 is 0. The van der Waals surface area contributed by atoms with Crippen molar-refractivity contribution >= 4 is 5.91 Å². The van der Waals surface area contributed by atoms with Gasteiger partial charge >= 0.3 is 0 Å². The molecule has 0 saturated carbocycles. The predicted molar refractivity (Wildman–Crippen MR) is 86.2 cm³/mol. The maximum atomic E-state index is 11.1. The number of primary amides is 1. The van der Waals surface area contributed by atoms with Gasteiger partial charge in [-0.05, 0) is 37.6 Å². The van der Waals surface area contributed by atoms with Gasteiger partial charge in [-0.15, -0.1) is 0 Å². The van der Waals surface area contributed by atoms with Crippen LogP contribution in [0.25, 0.3) is 0 Å². The van der Waals surface area contributed by atoms with Crippen LogP contribution >= 0.6 is 0 Å². The Morgan fingerprint density at radius 2 is 2.26 bits per heavy atom. The van der Waals surface area contributed by atoms with Crippen LogP contribution in [-0.4, -0.2) is 40.4 Å². The third-order valence-electron chi connectivity index (χ3n) is 3.91. The SMILES string of the molecule is NC(=O)CN1CCCC(c2cccc(Oc3cccnc3)n2)C1. The van der Waals surface area contributed by atoms with Crippen LogP contribution in [0.4, 0.5) is 0 Å². The minimum absolute atomic E-state index is 0.285. The van der Waals surface area contributed by atoms with Crippen molar-refractivity contribution in [2.75, 3.05) is 19.6 Å². The minimum Gasteiger partial charge on any atom is -0.437 e. The second kappa shape index (κ2) is 7.19. The van der Waals surface area contributed by atoms with Crippen LogP contribution < -0.4 is 10.5 Å². The number of amides is 1. The molecule has 0 aromatic carbocycles. The van der Waals surface area contributed by atoms with Crippen molar-refractivity contribution < 1.29 is 9.53 Å². The number of carbonyl (C=O) groups excluding carboxylic acids is 1. The molecule has 2 aromatic heterocycles. The summed E-state index contributed by atoms with van der Waals surface area (Å²) in [7, 11) is 0. The highest BCUT2D eigenvalue weighted by Crippen LogP contribution is 2.27. The molecule has 0 radical (unpaired) electrons. The maximum Gasteiger partial charge on any atom is 0.231 e. The molecule has 23 heavy (non-hydrogen) atoms. The fraction of sp³-hybridized carbons (Fsp3) is 0.353. The molecule has 1 saturated heterocycles. The van der Waals surface area contributed by atoms with Gasteiger partial charge in [-0.25, -0.2) is 4.98 Å². The van der Waals surface area contributed by atoms with E-state index in [1.807, 2.05) is 30.3 Å². The van der Waals surface area contributed by atoms with E-state index < -0.39 is 0 Å². The number of hydrogen-bond donors (Lipinski definition) is 1. The van der Waals surface area contributed by atoms with Crippen molar-refractivity contribution in [2.45, 2.75) is 18.8 Å². The molecule has 6 heteroatoms. The molecule has 2 N–H and O–H groups in total. The van der Waals surface area contributed by atoms with Crippen molar-refractivity contribution in [3.05, 3.63) is 48.4 Å². The molecule has 120 valence electrons. The molecule has 0 spiro atoms. The number of nitrogens with zero attached hydrogens (tertiary/aromatic N) is 3. The van der Waals surface area contributed by atoms with Gasteiger partial charge in [0.25, 0.3) is 0 Å². The summed E-state index contributed by atoms with van der Waals surface area (Å²) < 4.78 is 5.74. The number of piperidine rings is 1. The van der Waals surface area contributed by atoms with Gasteiger partial charge in [-0.3, -0.25) is 14.7 Å². The molecule has 0 bridgehead atoms. The molecule has 1 aliphatic heterocycles. The zero-order valence-corrected chi connectivity index (χ0v) is 12.9. The summed E-state index contributed by atoms with van der Waals surface area (Å²) in [5.41, 5.74) is 6.28. The van der Waals surface area contributed by atoms with Gasteiger partial charge in [-0.2, -0.15) is 0 Å². The first-order chi connectivity index (χ1) is 11.2. The second-order valence-corrected chi connectivity index (χ2v) is 5.73. The number of carbonyl (C=O) groups is 1. The fourth-order valence-electron chi connectivity index (χ4n) is 2.90. The first kappa shape index (κ1) is 15.4. The summed E-state index contributed by atoms with van der Waals surface area (Å²) in [6.45, 7) is 2.01. The Bertz CT molecular complexity index is 663. The van der Waals surface area contributed by atoms with Crippen LogP contribution in [0.1, 0.15) is 24.5 Å². The Labute approximate surface area is 135 Å². The van der Waals surface area contributed by atoms with Crippen molar-refractivity contribution in [2.24, 2.45) is 5.73 Å². The largest absolute Gasteiger partial charge is 0.437 e. The van der Waals surface area contributed by atoms with E-state index in [1.54, 1.807) is 12.4 Å². The van der Waals surface area contributed by atoms with Crippen molar-refractivity contribution in [1.29, 1.82) is 0 Å². The molecule has 1 aliphatic rings. The molecule has 3 heterocycles. The summed E-state index contributed by atoms with van der Waals surface area (Å²) in [5, 5.41) is 0. The van der Waals surface area contributed by atoms with Crippen LogP contribution in [0, 0.1) is 0 Å². The quantitative estimate of drug-likeness (QED) is 0.912. The Hall–Kier alpha value is -2.47. The van der Waals surface area contributed by atoms with E-state index >= 15 is 0 Å². The molecule has 0 aliphatic carbocycles. The average Bonchev–Trinajstić information content (AvgIpc) is 2.56. The van der Waals surface area contributed by atoms with Gasteiger partial charge in [0.2, 0.25) is 11.8 Å². The Kier molecular flexibility index (Phi) is 4.83. The first-order valence-corrected chi connectivity index (χ1v) is 7.76. The molecule has 1 fully saturated rings. The lowest BCUT2D eigenvalue weighted by molar-refractivity contribution is -0.119. The standard InChI is InChI=1S/C17H20N4O2/c18-16(22)12-21-9-3-4-13(11-21)15-6-1-7-17(20-15)23-14-5-2-8-19-10-14/h1-2,5-8,10,13H,3-4,9,11-12H2,(H2,18,22). The molecule has 2 aromatic rings. The lowest BCUT2D eigenvalue weighted by atomic mass is 9.94.